The number of nitrogens with zero attached hydrogens (tertiary/aromatic N) is 2. The average Bonchev–Trinajstić information content (AvgIpc) is 2.71. The summed E-state index contributed by atoms with van der Waals surface area (Å²) in [5, 5.41) is 10.6. The second kappa shape index (κ2) is 11.6. The van der Waals surface area contributed by atoms with Gasteiger partial charge in [-0.15, -0.1) is 34.9 Å². The van der Waals surface area contributed by atoms with Gasteiger partial charge in [0.05, 0.1) is 5.52 Å². The largest absolute Gasteiger partial charge is 0.512 e. The summed E-state index contributed by atoms with van der Waals surface area (Å²) in [6.45, 7) is 19.9. The van der Waals surface area contributed by atoms with Crippen LogP contribution in [0.25, 0.3) is 22.2 Å². The van der Waals surface area contributed by atoms with Gasteiger partial charge in [0.2, 0.25) is 0 Å². The number of carbonyl (C=O) groups excluding carboxylic acids is 1. The number of aliphatic hydroxyl groups is 1. The molecular weight excluding hydrogens is 613 g/mol. The smallest absolute Gasteiger partial charge is 0.164 e. The van der Waals surface area contributed by atoms with E-state index in [1.807, 2.05) is 59.9 Å². The molecule has 0 atom stereocenters. The second-order valence-corrected chi connectivity index (χ2v) is 11.9. The van der Waals surface area contributed by atoms with Gasteiger partial charge in [0, 0.05) is 54.8 Å². The fraction of sp³-hybridized carbons (Fsp3) is 0.433. The van der Waals surface area contributed by atoms with E-state index in [0.29, 0.717) is 0 Å². The number of hydrogen-bond acceptors (Lipinski definition) is 4. The molecule has 0 spiro atoms. The fourth-order valence-electron chi connectivity index (χ4n) is 2.96. The van der Waals surface area contributed by atoms with E-state index in [1.54, 1.807) is 6.20 Å². The number of aliphatic hydroxyl groups excluding tert-OH is 1. The minimum absolute atomic E-state index is 0. The van der Waals surface area contributed by atoms with Crippen LogP contribution in [0.2, 0.25) is 0 Å². The quantitative estimate of drug-likeness (QED) is 0.175. The Hall–Kier alpha value is -2.36. The van der Waals surface area contributed by atoms with Crippen LogP contribution in [-0.4, -0.2) is 20.9 Å². The number of rotatable bonds is 2. The summed E-state index contributed by atoms with van der Waals surface area (Å²) in [5.74, 6) is 0.104. The maximum absolute atomic E-state index is 11.5. The van der Waals surface area contributed by atoms with Crippen molar-refractivity contribution in [2.75, 3.05) is 0 Å². The topological polar surface area (TPSA) is 63.1 Å². The normalized spacial score (nSPS) is 12.5. The van der Waals surface area contributed by atoms with E-state index in [4.69, 9.17) is 4.98 Å². The van der Waals surface area contributed by atoms with E-state index in [0.717, 1.165) is 27.7 Å². The molecule has 1 N–H and O–H groups in total. The number of aromatic nitrogens is 2. The molecular formula is C30H39IrN2O2-. The summed E-state index contributed by atoms with van der Waals surface area (Å²) >= 11 is 0. The number of benzene rings is 1. The van der Waals surface area contributed by atoms with Crippen molar-refractivity contribution in [3.05, 3.63) is 71.8 Å². The summed E-state index contributed by atoms with van der Waals surface area (Å²) in [5.41, 5.74) is 4.80. The molecule has 4 nitrogen and oxygen atoms in total. The van der Waals surface area contributed by atoms with Gasteiger partial charge in [-0.2, -0.15) is 0 Å². The Morgan fingerprint density at radius 2 is 1.57 bits per heavy atom. The number of fused-ring (bicyclic) bond motifs is 1. The molecule has 0 aliphatic carbocycles. The van der Waals surface area contributed by atoms with Gasteiger partial charge in [-0.3, -0.25) is 14.8 Å². The van der Waals surface area contributed by atoms with Crippen LogP contribution in [0.5, 0.6) is 0 Å². The van der Waals surface area contributed by atoms with E-state index in [9.17, 15) is 9.90 Å². The number of hydrogen-bond donors (Lipinski definition) is 1. The number of aryl methyl sites for hydroxylation is 1. The first-order valence-electron chi connectivity index (χ1n) is 11.7. The van der Waals surface area contributed by atoms with Crippen LogP contribution in [0.3, 0.4) is 0 Å². The first-order chi connectivity index (χ1) is 15.5. The van der Waals surface area contributed by atoms with Gasteiger partial charge in [0.15, 0.2) is 5.78 Å². The van der Waals surface area contributed by atoms with Crippen molar-refractivity contribution < 1.29 is 30.0 Å². The van der Waals surface area contributed by atoms with Crippen molar-refractivity contribution in [1.29, 1.82) is 0 Å². The molecule has 0 aliphatic rings. The molecule has 0 amide bonds. The van der Waals surface area contributed by atoms with Gasteiger partial charge < -0.3 is 5.11 Å². The molecule has 1 aromatic carbocycles. The SMILES string of the molecule is CC(C)(C)C(=O)/C=C(\O)C(C)(C)C.Cc1[c-]c(-c2ccc3cnccc3n2)cc(C(C)(C)C)c1.[Ir]. The zero-order valence-electron chi connectivity index (χ0n) is 22.7. The molecule has 2 aromatic heterocycles. The standard InChI is InChI=1S/C19H19N2.C11H20O2.Ir/c1-13-9-15(11-16(10-13)19(2,3)4)17-6-5-14-12-20-8-7-18(14)21-17;1-10(2,3)8(12)7-9(13)11(4,5)6;/h5-8,10-12H,1-4H3;7,12H,1-6H3;/q-1;;/b;8-7-;. The minimum atomic E-state index is -0.417. The zero-order valence-corrected chi connectivity index (χ0v) is 25.1. The van der Waals surface area contributed by atoms with Crippen LogP contribution < -0.4 is 0 Å². The summed E-state index contributed by atoms with van der Waals surface area (Å²) in [4.78, 5) is 20.4. The Labute approximate surface area is 224 Å². The van der Waals surface area contributed by atoms with Crippen molar-refractivity contribution in [3.63, 3.8) is 0 Å². The first kappa shape index (κ1) is 30.7. The Balaban J connectivity index is 0.000000383. The molecule has 3 aromatic rings. The molecule has 0 fully saturated rings. The Morgan fingerprint density at radius 3 is 2.11 bits per heavy atom. The van der Waals surface area contributed by atoms with Gasteiger partial charge >= 0.3 is 0 Å². The van der Waals surface area contributed by atoms with Gasteiger partial charge in [-0.05, 0) is 17.2 Å². The average molecular weight is 652 g/mol. The van der Waals surface area contributed by atoms with E-state index >= 15 is 0 Å². The molecule has 1 radical (unpaired) electrons. The van der Waals surface area contributed by atoms with Crippen LogP contribution in [0, 0.1) is 23.8 Å². The van der Waals surface area contributed by atoms with Gasteiger partial charge in [0.1, 0.15) is 5.76 Å². The molecule has 0 saturated carbocycles. The first-order valence-corrected chi connectivity index (χ1v) is 11.7. The number of ketones is 1. The molecule has 0 saturated heterocycles. The van der Waals surface area contributed by atoms with Gasteiger partial charge in [0.25, 0.3) is 0 Å². The molecule has 5 heteroatoms. The maximum atomic E-state index is 11.5. The van der Waals surface area contributed by atoms with Crippen LogP contribution >= 0.6 is 0 Å². The van der Waals surface area contributed by atoms with Crippen molar-refractivity contribution in [2.24, 2.45) is 10.8 Å². The number of allylic oxidation sites excluding steroid dienone is 2. The van der Waals surface area contributed by atoms with E-state index in [1.165, 1.54) is 11.6 Å². The number of pyridine rings is 2. The molecule has 3 rings (SSSR count). The Morgan fingerprint density at radius 1 is 0.943 bits per heavy atom. The predicted octanol–water partition coefficient (Wildman–Crippen LogP) is 7.79. The predicted molar refractivity (Wildman–Crippen MR) is 142 cm³/mol. The van der Waals surface area contributed by atoms with Crippen LogP contribution in [-0.2, 0) is 30.3 Å². The third-order valence-electron chi connectivity index (χ3n) is 5.41. The maximum Gasteiger partial charge on any atom is 0.164 e. The second-order valence-electron chi connectivity index (χ2n) is 11.9. The Kier molecular flexibility index (Phi) is 10.1. The molecule has 2 heterocycles. The van der Waals surface area contributed by atoms with Crippen molar-refractivity contribution >= 4 is 16.7 Å². The van der Waals surface area contributed by atoms with Crippen molar-refractivity contribution in [2.45, 2.75) is 74.7 Å². The molecule has 0 unspecified atom stereocenters. The van der Waals surface area contributed by atoms with E-state index in [-0.39, 0.29) is 42.5 Å². The Bertz CT molecular complexity index is 1190. The minimum Gasteiger partial charge on any atom is -0.512 e. The molecule has 35 heavy (non-hydrogen) atoms. The third-order valence-corrected chi connectivity index (χ3v) is 5.41. The van der Waals surface area contributed by atoms with Crippen LogP contribution in [0.4, 0.5) is 0 Å². The fourth-order valence-corrected chi connectivity index (χ4v) is 2.96. The van der Waals surface area contributed by atoms with Crippen molar-refractivity contribution in [1.82, 2.24) is 9.97 Å². The van der Waals surface area contributed by atoms with Crippen LogP contribution in [0.15, 0.2) is 54.6 Å². The van der Waals surface area contributed by atoms with E-state index in [2.05, 4.69) is 56.9 Å². The van der Waals surface area contributed by atoms with Crippen molar-refractivity contribution in [3.8, 4) is 11.3 Å². The van der Waals surface area contributed by atoms with E-state index < -0.39 is 5.41 Å². The molecule has 0 aliphatic heterocycles. The summed E-state index contributed by atoms with van der Waals surface area (Å²) < 4.78 is 0. The van der Waals surface area contributed by atoms with Gasteiger partial charge in [-0.25, -0.2) is 0 Å². The summed E-state index contributed by atoms with van der Waals surface area (Å²) in [6, 6.07) is 13.9. The van der Waals surface area contributed by atoms with Crippen LogP contribution in [0.1, 0.15) is 73.4 Å². The molecule has 0 bridgehead atoms. The zero-order chi connectivity index (χ0) is 25.9. The third kappa shape index (κ3) is 8.98. The summed E-state index contributed by atoms with van der Waals surface area (Å²) in [6.07, 6.45) is 4.95. The summed E-state index contributed by atoms with van der Waals surface area (Å²) in [7, 11) is 0. The molecule has 191 valence electrons. The monoisotopic (exact) mass is 652 g/mol. The van der Waals surface area contributed by atoms with Gasteiger partial charge in [-0.1, -0.05) is 81.4 Å². The number of carbonyl (C=O) groups is 1.